The zero-order valence-corrected chi connectivity index (χ0v) is 17.4. The summed E-state index contributed by atoms with van der Waals surface area (Å²) < 4.78 is 5.88. The van der Waals surface area contributed by atoms with Gasteiger partial charge in [0.25, 0.3) is 5.91 Å². The molecule has 3 aromatic carbocycles. The van der Waals surface area contributed by atoms with Crippen LogP contribution in [0, 0.1) is 6.92 Å². The smallest absolute Gasteiger partial charge is 0.258 e. The predicted octanol–water partition coefficient (Wildman–Crippen LogP) is 5.24. The van der Waals surface area contributed by atoms with E-state index in [1.165, 1.54) is 11.1 Å². The van der Waals surface area contributed by atoms with Crippen LogP contribution in [-0.2, 0) is 0 Å². The number of benzene rings is 3. The molecule has 4 nitrogen and oxygen atoms in total. The molecule has 0 unspecified atom stereocenters. The third-order valence-electron chi connectivity index (χ3n) is 6.25. The highest BCUT2D eigenvalue weighted by Crippen LogP contribution is 2.45. The van der Waals surface area contributed by atoms with Crippen molar-refractivity contribution in [3.8, 4) is 11.5 Å². The van der Waals surface area contributed by atoms with Crippen molar-refractivity contribution in [2.24, 2.45) is 0 Å². The average Bonchev–Trinajstić information content (AvgIpc) is 3.07. The molecule has 0 N–H and O–H groups in total. The highest BCUT2D eigenvalue weighted by molar-refractivity contribution is 6.08. The number of piperidine rings is 1. The number of likely N-dealkylation sites (N-methyl/N-ethyl adjacent to an activating group) is 1. The SMILES string of the molecule is Cc1ccc2c(c1)[C@@H]1CN(C)CC[C@@H]1N2C(=O)c1ccc(Oc2ccccc2)cc1. The minimum absolute atomic E-state index is 0.0726. The maximum atomic E-state index is 13.6. The molecule has 0 aliphatic carbocycles. The van der Waals surface area contributed by atoms with E-state index in [9.17, 15) is 4.79 Å². The van der Waals surface area contributed by atoms with Crippen LogP contribution in [0.25, 0.3) is 0 Å². The van der Waals surface area contributed by atoms with Crippen molar-refractivity contribution in [3.63, 3.8) is 0 Å². The second kappa shape index (κ2) is 7.62. The molecule has 5 rings (SSSR count). The topological polar surface area (TPSA) is 32.8 Å². The van der Waals surface area contributed by atoms with Crippen LogP contribution in [0.5, 0.6) is 11.5 Å². The molecule has 0 saturated carbocycles. The van der Waals surface area contributed by atoms with Crippen LogP contribution in [0.3, 0.4) is 0 Å². The molecule has 30 heavy (non-hydrogen) atoms. The first-order chi connectivity index (χ1) is 14.6. The molecule has 3 aromatic rings. The van der Waals surface area contributed by atoms with E-state index >= 15 is 0 Å². The number of anilines is 1. The summed E-state index contributed by atoms with van der Waals surface area (Å²) in [5, 5.41) is 0. The first-order valence-electron chi connectivity index (χ1n) is 10.6. The van der Waals surface area contributed by atoms with E-state index in [4.69, 9.17) is 4.74 Å². The Balaban J connectivity index is 1.43. The molecule has 1 fully saturated rings. The summed E-state index contributed by atoms with van der Waals surface area (Å²) >= 11 is 0. The third-order valence-corrected chi connectivity index (χ3v) is 6.25. The quantitative estimate of drug-likeness (QED) is 0.605. The van der Waals surface area contributed by atoms with Crippen molar-refractivity contribution in [1.29, 1.82) is 0 Å². The van der Waals surface area contributed by atoms with Gasteiger partial charge >= 0.3 is 0 Å². The third kappa shape index (κ3) is 3.37. The van der Waals surface area contributed by atoms with Gasteiger partial charge in [0.15, 0.2) is 0 Å². The lowest BCUT2D eigenvalue weighted by molar-refractivity contribution is 0.0964. The number of carbonyl (C=O) groups is 1. The van der Waals surface area contributed by atoms with E-state index in [-0.39, 0.29) is 11.9 Å². The van der Waals surface area contributed by atoms with Crippen LogP contribution >= 0.6 is 0 Å². The van der Waals surface area contributed by atoms with Gasteiger partial charge in [-0.15, -0.1) is 0 Å². The molecule has 152 valence electrons. The summed E-state index contributed by atoms with van der Waals surface area (Å²) in [6, 6.07) is 23.9. The highest BCUT2D eigenvalue weighted by atomic mass is 16.5. The summed E-state index contributed by atoms with van der Waals surface area (Å²) in [4.78, 5) is 18.0. The van der Waals surface area contributed by atoms with Gasteiger partial charge in [-0.2, -0.15) is 0 Å². The van der Waals surface area contributed by atoms with E-state index in [1.807, 2.05) is 59.5 Å². The number of hydrogen-bond acceptors (Lipinski definition) is 3. The summed E-state index contributed by atoms with van der Waals surface area (Å²) in [5.74, 6) is 1.97. The molecule has 0 bridgehead atoms. The number of ether oxygens (including phenoxy) is 1. The van der Waals surface area contributed by atoms with E-state index in [0.29, 0.717) is 11.5 Å². The van der Waals surface area contributed by atoms with Gasteiger partial charge in [0.05, 0.1) is 0 Å². The molecule has 1 amide bonds. The Morgan fingerprint density at radius 1 is 0.967 bits per heavy atom. The Hall–Kier alpha value is -3.11. The number of rotatable bonds is 3. The molecule has 2 atom stereocenters. The Labute approximate surface area is 177 Å². The van der Waals surface area contributed by atoms with Gasteiger partial charge in [0.1, 0.15) is 11.5 Å². The van der Waals surface area contributed by atoms with Crippen LogP contribution in [0.1, 0.15) is 33.8 Å². The predicted molar refractivity (Wildman–Crippen MR) is 120 cm³/mol. The molecule has 0 radical (unpaired) electrons. The van der Waals surface area contributed by atoms with Crippen LogP contribution in [0.15, 0.2) is 72.8 Å². The van der Waals surface area contributed by atoms with Crippen molar-refractivity contribution in [2.45, 2.75) is 25.3 Å². The zero-order chi connectivity index (χ0) is 20.7. The monoisotopic (exact) mass is 398 g/mol. The fourth-order valence-corrected chi connectivity index (χ4v) is 4.78. The number of amides is 1. The van der Waals surface area contributed by atoms with Gasteiger partial charge in [-0.05, 0) is 75.0 Å². The molecule has 4 heteroatoms. The molecule has 0 aromatic heterocycles. The first kappa shape index (κ1) is 18.9. The van der Waals surface area contributed by atoms with Gasteiger partial charge < -0.3 is 14.5 Å². The first-order valence-corrected chi connectivity index (χ1v) is 10.6. The molecule has 2 aliphatic heterocycles. The molecule has 1 saturated heterocycles. The molecule has 0 spiro atoms. The lowest BCUT2D eigenvalue weighted by atomic mass is 9.88. The number of para-hydroxylation sites is 1. The van der Waals surface area contributed by atoms with Crippen molar-refractivity contribution in [3.05, 3.63) is 89.5 Å². The standard InChI is InChI=1S/C26H26N2O2/c1-18-8-13-24-22(16-18)23-17-27(2)15-14-25(23)28(24)26(29)19-9-11-21(12-10-19)30-20-6-4-3-5-7-20/h3-13,16,23,25H,14-15,17H2,1-2H3/t23-,25-/m0/s1. The van der Waals surface area contributed by atoms with E-state index < -0.39 is 0 Å². The van der Waals surface area contributed by atoms with Gasteiger partial charge in [-0.25, -0.2) is 0 Å². The fourth-order valence-electron chi connectivity index (χ4n) is 4.78. The second-order valence-electron chi connectivity index (χ2n) is 8.40. The Morgan fingerprint density at radius 3 is 2.47 bits per heavy atom. The summed E-state index contributed by atoms with van der Waals surface area (Å²) in [6.45, 7) is 4.13. The Morgan fingerprint density at radius 2 is 1.70 bits per heavy atom. The minimum atomic E-state index is 0.0726. The average molecular weight is 399 g/mol. The number of hydrogen-bond donors (Lipinski definition) is 0. The maximum Gasteiger partial charge on any atom is 0.258 e. The van der Waals surface area contributed by atoms with Gasteiger partial charge in [0, 0.05) is 29.8 Å². The number of nitrogens with zero attached hydrogens (tertiary/aromatic N) is 2. The number of fused-ring (bicyclic) bond motifs is 3. The Bertz CT molecular complexity index is 1060. The summed E-state index contributed by atoms with van der Waals surface area (Å²) in [6.07, 6.45) is 0.996. The van der Waals surface area contributed by atoms with E-state index in [2.05, 4.69) is 37.1 Å². The fraction of sp³-hybridized carbons (Fsp3) is 0.269. The van der Waals surface area contributed by atoms with E-state index in [0.717, 1.165) is 36.7 Å². The normalized spacial score (nSPS) is 20.5. The summed E-state index contributed by atoms with van der Waals surface area (Å²) in [5.41, 5.74) is 4.32. The zero-order valence-electron chi connectivity index (χ0n) is 17.4. The molecule has 2 heterocycles. The van der Waals surface area contributed by atoms with Crippen molar-refractivity contribution in [2.75, 3.05) is 25.0 Å². The van der Waals surface area contributed by atoms with E-state index in [1.54, 1.807) is 0 Å². The van der Waals surface area contributed by atoms with Crippen LogP contribution in [0.2, 0.25) is 0 Å². The van der Waals surface area contributed by atoms with Gasteiger partial charge in [0.2, 0.25) is 0 Å². The van der Waals surface area contributed by atoms with Crippen molar-refractivity contribution >= 4 is 11.6 Å². The van der Waals surface area contributed by atoms with Crippen LogP contribution < -0.4 is 9.64 Å². The van der Waals surface area contributed by atoms with Gasteiger partial charge in [-0.1, -0.05) is 35.9 Å². The number of aryl methyl sites for hydroxylation is 1. The number of carbonyl (C=O) groups excluding carboxylic acids is 1. The second-order valence-corrected chi connectivity index (χ2v) is 8.40. The van der Waals surface area contributed by atoms with Crippen LogP contribution in [-0.4, -0.2) is 37.0 Å². The van der Waals surface area contributed by atoms with Gasteiger partial charge in [-0.3, -0.25) is 4.79 Å². The van der Waals surface area contributed by atoms with Crippen molar-refractivity contribution in [1.82, 2.24) is 4.90 Å². The molecule has 2 aliphatic rings. The maximum absolute atomic E-state index is 13.6. The minimum Gasteiger partial charge on any atom is -0.457 e. The van der Waals surface area contributed by atoms with Crippen LogP contribution in [0.4, 0.5) is 5.69 Å². The molecular weight excluding hydrogens is 372 g/mol. The Kier molecular flexibility index (Phi) is 4.80. The number of likely N-dealkylation sites (tertiary alicyclic amines) is 1. The lowest BCUT2D eigenvalue weighted by Crippen LogP contribution is -2.47. The van der Waals surface area contributed by atoms with Crippen molar-refractivity contribution < 1.29 is 9.53 Å². The lowest BCUT2D eigenvalue weighted by Gasteiger charge is -2.36. The largest absolute Gasteiger partial charge is 0.457 e. The highest BCUT2D eigenvalue weighted by Gasteiger charge is 2.44. The summed E-state index contributed by atoms with van der Waals surface area (Å²) in [7, 11) is 2.17. The molecular formula is C26H26N2O2.